The smallest absolute Gasteiger partial charge is 0.261 e. The first-order chi connectivity index (χ1) is 11.6. The highest BCUT2D eigenvalue weighted by Crippen LogP contribution is 2.07. The molecule has 5 nitrogen and oxygen atoms in total. The molecule has 0 aliphatic heterocycles. The molecule has 0 saturated heterocycles. The number of fused-ring (bicyclic) bond motifs is 1. The van der Waals surface area contributed by atoms with Crippen molar-refractivity contribution in [2.75, 3.05) is 6.54 Å². The molecule has 0 aliphatic rings. The monoisotopic (exact) mass is 321 g/mol. The van der Waals surface area contributed by atoms with Gasteiger partial charge in [0.15, 0.2) is 0 Å². The van der Waals surface area contributed by atoms with Crippen molar-refractivity contribution in [3.05, 3.63) is 75.8 Å². The van der Waals surface area contributed by atoms with E-state index in [0.717, 1.165) is 5.56 Å². The van der Waals surface area contributed by atoms with Crippen molar-refractivity contribution >= 4 is 16.8 Å². The zero-order valence-corrected chi connectivity index (χ0v) is 13.7. The molecule has 24 heavy (non-hydrogen) atoms. The molecule has 3 aromatic rings. The lowest BCUT2D eigenvalue weighted by atomic mass is 10.1. The Bertz CT molecular complexity index is 960. The summed E-state index contributed by atoms with van der Waals surface area (Å²) in [5, 5.41) is 3.48. The number of hydrogen-bond acceptors (Lipinski definition) is 3. The topological polar surface area (TPSA) is 64.0 Å². The molecule has 122 valence electrons. The van der Waals surface area contributed by atoms with Crippen molar-refractivity contribution in [3.63, 3.8) is 0 Å². The second-order valence-electron chi connectivity index (χ2n) is 5.78. The van der Waals surface area contributed by atoms with Crippen molar-refractivity contribution in [3.8, 4) is 0 Å². The maximum absolute atomic E-state index is 12.3. The van der Waals surface area contributed by atoms with Crippen molar-refractivity contribution in [2.45, 2.75) is 13.3 Å². The second kappa shape index (κ2) is 6.66. The van der Waals surface area contributed by atoms with Crippen LogP contribution in [0.2, 0.25) is 0 Å². The molecule has 5 heteroatoms. The molecular weight excluding hydrogens is 302 g/mol. The van der Waals surface area contributed by atoms with Gasteiger partial charge in [-0.1, -0.05) is 29.8 Å². The van der Waals surface area contributed by atoms with Crippen molar-refractivity contribution in [1.82, 2.24) is 14.9 Å². The summed E-state index contributed by atoms with van der Waals surface area (Å²) in [5.41, 5.74) is 2.29. The molecule has 1 amide bonds. The first-order valence-corrected chi connectivity index (χ1v) is 7.86. The van der Waals surface area contributed by atoms with Crippen LogP contribution in [0.15, 0.2) is 53.3 Å². The van der Waals surface area contributed by atoms with Gasteiger partial charge in [0.25, 0.3) is 11.5 Å². The highest BCUT2D eigenvalue weighted by Gasteiger charge is 2.09. The first kappa shape index (κ1) is 15.9. The molecule has 1 heterocycles. The molecule has 2 aromatic carbocycles. The van der Waals surface area contributed by atoms with E-state index in [4.69, 9.17) is 0 Å². The van der Waals surface area contributed by atoms with Gasteiger partial charge in [0, 0.05) is 25.6 Å². The highest BCUT2D eigenvalue weighted by atomic mass is 16.1. The van der Waals surface area contributed by atoms with E-state index in [-0.39, 0.29) is 11.5 Å². The van der Waals surface area contributed by atoms with Gasteiger partial charge < -0.3 is 5.32 Å². The number of nitrogens with zero attached hydrogens (tertiary/aromatic N) is 2. The average Bonchev–Trinajstić information content (AvgIpc) is 2.59. The molecule has 0 saturated carbocycles. The van der Waals surface area contributed by atoms with Gasteiger partial charge in [0.1, 0.15) is 5.82 Å². The number of rotatable bonds is 4. The van der Waals surface area contributed by atoms with Gasteiger partial charge in [-0.05, 0) is 31.2 Å². The van der Waals surface area contributed by atoms with Gasteiger partial charge in [-0.2, -0.15) is 0 Å². The van der Waals surface area contributed by atoms with Crippen molar-refractivity contribution < 1.29 is 4.79 Å². The first-order valence-electron chi connectivity index (χ1n) is 7.86. The number of amides is 1. The summed E-state index contributed by atoms with van der Waals surface area (Å²) in [6, 6.07) is 14.7. The lowest BCUT2D eigenvalue weighted by Crippen LogP contribution is -2.29. The minimum absolute atomic E-state index is 0.0689. The van der Waals surface area contributed by atoms with E-state index in [1.54, 1.807) is 23.7 Å². The third kappa shape index (κ3) is 3.20. The minimum Gasteiger partial charge on any atom is -0.352 e. The number of benzene rings is 2. The quantitative estimate of drug-likeness (QED) is 0.801. The number of hydrogen-bond donors (Lipinski definition) is 1. The minimum atomic E-state index is -0.121. The van der Waals surface area contributed by atoms with Crippen LogP contribution in [0.5, 0.6) is 0 Å². The Morgan fingerprint density at radius 3 is 2.75 bits per heavy atom. The van der Waals surface area contributed by atoms with E-state index in [0.29, 0.717) is 35.3 Å². The van der Waals surface area contributed by atoms with E-state index in [2.05, 4.69) is 10.3 Å². The van der Waals surface area contributed by atoms with E-state index in [1.165, 1.54) is 0 Å². The Morgan fingerprint density at radius 2 is 1.96 bits per heavy atom. The summed E-state index contributed by atoms with van der Waals surface area (Å²) in [5.74, 6) is 0.535. The molecule has 0 fully saturated rings. The number of aromatic nitrogens is 2. The average molecular weight is 321 g/mol. The normalized spacial score (nSPS) is 10.8. The van der Waals surface area contributed by atoms with Crippen molar-refractivity contribution in [1.29, 1.82) is 0 Å². The van der Waals surface area contributed by atoms with E-state index >= 15 is 0 Å². The molecule has 0 bridgehead atoms. The highest BCUT2D eigenvalue weighted by molar-refractivity contribution is 5.94. The molecule has 3 rings (SSSR count). The zero-order chi connectivity index (χ0) is 17.1. The van der Waals surface area contributed by atoms with Crippen LogP contribution >= 0.6 is 0 Å². The lowest BCUT2D eigenvalue weighted by Gasteiger charge is -2.10. The third-order valence-electron chi connectivity index (χ3n) is 3.99. The number of aryl methyl sites for hydroxylation is 1. The molecule has 1 N–H and O–H groups in total. The van der Waals surface area contributed by atoms with Crippen LogP contribution in [0.1, 0.15) is 21.7 Å². The van der Waals surface area contributed by atoms with Crippen LogP contribution in [0.3, 0.4) is 0 Å². The molecule has 0 radical (unpaired) electrons. The summed E-state index contributed by atoms with van der Waals surface area (Å²) in [6.07, 6.45) is 0.494. The van der Waals surface area contributed by atoms with Crippen LogP contribution < -0.4 is 10.9 Å². The molecule has 1 aromatic heterocycles. The largest absolute Gasteiger partial charge is 0.352 e. The van der Waals surface area contributed by atoms with Crippen LogP contribution in [-0.4, -0.2) is 22.0 Å². The summed E-state index contributed by atoms with van der Waals surface area (Å²) in [7, 11) is 1.71. The standard InChI is InChI=1S/C19H19N3O2/c1-13-6-5-7-14(12-13)18(23)20-11-10-17-21-16-9-4-3-8-15(16)19(24)22(17)2/h3-9,12H,10-11H2,1-2H3,(H,20,23). The van der Waals surface area contributed by atoms with E-state index < -0.39 is 0 Å². The molecule has 0 unspecified atom stereocenters. The van der Waals surface area contributed by atoms with Gasteiger partial charge in [-0.15, -0.1) is 0 Å². The summed E-state index contributed by atoms with van der Waals surface area (Å²) in [6.45, 7) is 2.37. The van der Waals surface area contributed by atoms with Crippen LogP contribution in [0.4, 0.5) is 0 Å². The predicted molar refractivity (Wildman–Crippen MR) is 94.2 cm³/mol. The molecule has 0 aliphatic carbocycles. The maximum Gasteiger partial charge on any atom is 0.261 e. The number of carbonyl (C=O) groups excluding carboxylic acids is 1. The Kier molecular flexibility index (Phi) is 4.42. The SMILES string of the molecule is Cc1cccc(C(=O)NCCc2nc3ccccc3c(=O)n2C)c1. The second-order valence-corrected chi connectivity index (χ2v) is 5.78. The van der Waals surface area contributed by atoms with Gasteiger partial charge >= 0.3 is 0 Å². The van der Waals surface area contributed by atoms with Crippen molar-refractivity contribution in [2.24, 2.45) is 7.05 Å². The molecular formula is C19H19N3O2. The van der Waals surface area contributed by atoms with E-state index in [1.807, 2.05) is 43.3 Å². The number of para-hydroxylation sites is 1. The van der Waals surface area contributed by atoms with Crippen LogP contribution in [0.25, 0.3) is 10.9 Å². The Labute approximate surface area is 140 Å². The third-order valence-corrected chi connectivity index (χ3v) is 3.99. The van der Waals surface area contributed by atoms with Gasteiger partial charge in [-0.25, -0.2) is 4.98 Å². The summed E-state index contributed by atoms with van der Waals surface area (Å²) in [4.78, 5) is 29.0. The maximum atomic E-state index is 12.3. The Balaban J connectivity index is 1.73. The Hall–Kier alpha value is -2.95. The Morgan fingerprint density at radius 1 is 1.17 bits per heavy atom. The molecule has 0 atom stereocenters. The van der Waals surface area contributed by atoms with Crippen LogP contribution in [0, 0.1) is 6.92 Å². The zero-order valence-electron chi connectivity index (χ0n) is 13.7. The fourth-order valence-corrected chi connectivity index (χ4v) is 2.66. The van der Waals surface area contributed by atoms with Crippen LogP contribution in [-0.2, 0) is 13.5 Å². The number of carbonyl (C=O) groups is 1. The summed E-state index contributed by atoms with van der Waals surface area (Å²) >= 11 is 0. The van der Waals surface area contributed by atoms with Gasteiger partial charge in [0.05, 0.1) is 10.9 Å². The number of nitrogens with one attached hydrogen (secondary N) is 1. The van der Waals surface area contributed by atoms with Gasteiger partial charge in [-0.3, -0.25) is 14.2 Å². The van der Waals surface area contributed by atoms with E-state index in [9.17, 15) is 9.59 Å². The summed E-state index contributed by atoms with van der Waals surface area (Å²) < 4.78 is 1.54. The lowest BCUT2D eigenvalue weighted by molar-refractivity contribution is 0.0954. The fraction of sp³-hybridized carbons (Fsp3) is 0.211. The fourth-order valence-electron chi connectivity index (χ4n) is 2.66. The van der Waals surface area contributed by atoms with Gasteiger partial charge in [0.2, 0.25) is 0 Å². The molecule has 0 spiro atoms. The predicted octanol–water partition coefficient (Wildman–Crippen LogP) is 2.21.